The molecule has 1 aromatic carbocycles. The van der Waals surface area contributed by atoms with Crippen molar-refractivity contribution < 1.29 is 8.42 Å². The van der Waals surface area contributed by atoms with Gasteiger partial charge in [0.2, 0.25) is 10.0 Å². The van der Waals surface area contributed by atoms with Gasteiger partial charge in [-0.2, -0.15) is 4.31 Å². The minimum Gasteiger partial charge on any atom is -0.323 e. The number of sulfonamides is 1. The zero-order valence-electron chi connectivity index (χ0n) is 11.3. The minimum absolute atomic E-state index is 0.0274. The Kier molecular flexibility index (Phi) is 4.13. The minimum atomic E-state index is -3.51. The number of nitrogens with one attached hydrogen (secondary N) is 1. The molecule has 1 aliphatic heterocycles. The SMILES string of the molecule is CC1CCCC(C)N1S(=O)(=O)c1ccccc1NN. The molecule has 1 fully saturated rings. The van der Waals surface area contributed by atoms with Crippen LogP contribution in [0.4, 0.5) is 5.69 Å². The van der Waals surface area contributed by atoms with Crippen LogP contribution in [0.25, 0.3) is 0 Å². The highest BCUT2D eigenvalue weighted by Gasteiger charge is 2.36. The summed E-state index contributed by atoms with van der Waals surface area (Å²) in [5, 5.41) is 0. The second-order valence-electron chi connectivity index (χ2n) is 5.10. The fraction of sp³-hybridized carbons (Fsp3) is 0.538. The first-order chi connectivity index (χ1) is 8.98. The predicted molar refractivity (Wildman–Crippen MR) is 76.1 cm³/mol. The van der Waals surface area contributed by atoms with Gasteiger partial charge >= 0.3 is 0 Å². The Morgan fingerprint density at radius 2 is 1.79 bits per heavy atom. The average Bonchev–Trinajstić information content (AvgIpc) is 2.38. The van der Waals surface area contributed by atoms with E-state index in [1.807, 2.05) is 13.8 Å². The molecule has 6 heteroatoms. The summed E-state index contributed by atoms with van der Waals surface area (Å²) in [5.41, 5.74) is 2.90. The molecule has 1 heterocycles. The van der Waals surface area contributed by atoms with E-state index in [0.717, 1.165) is 19.3 Å². The van der Waals surface area contributed by atoms with E-state index in [1.165, 1.54) is 0 Å². The van der Waals surface area contributed by atoms with Crippen LogP contribution < -0.4 is 11.3 Å². The maximum absolute atomic E-state index is 12.8. The van der Waals surface area contributed by atoms with Crippen molar-refractivity contribution in [2.24, 2.45) is 5.84 Å². The van der Waals surface area contributed by atoms with Gasteiger partial charge in [-0.25, -0.2) is 8.42 Å². The Morgan fingerprint density at radius 1 is 1.21 bits per heavy atom. The first kappa shape index (κ1) is 14.3. The molecular formula is C13H21N3O2S. The lowest BCUT2D eigenvalue weighted by atomic mass is 10.0. The molecule has 5 nitrogen and oxygen atoms in total. The van der Waals surface area contributed by atoms with E-state index in [9.17, 15) is 8.42 Å². The number of anilines is 1. The number of hydrogen-bond donors (Lipinski definition) is 2. The van der Waals surface area contributed by atoms with E-state index in [1.54, 1.807) is 28.6 Å². The molecule has 2 rings (SSSR count). The van der Waals surface area contributed by atoms with Crippen LogP contribution in [0.15, 0.2) is 29.2 Å². The van der Waals surface area contributed by atoms with Gasteiger partial charge in [-0.3, -0.25) is 5.84 Å². The van der Waals surface area contributed by atoms with Gasteiger partial charge < -0.3 is 5.43 Å². The van der Waals surface area contributed by atoms with Crippen molar-refractivity contribution in [1.29, 1.82) is 0 Å². The number of para-hydroxylation sites is 1. The molecule has 2 unspecified atom stereocenters. The third kappa shape index (κ3) is 2.61. The van der Waals surface area contributed by atoms with Gasteiger partial charge in [-0.1, -0.05) is 18.6 Å². The topological polar surface area (TPSA) is 75.4 Å². The third-order valence-corrected chi connectivity index (χ3v) is 5.90. The van der Waals surface area contributed by atoms with E-state index in [2.05, 4.69) is 5.43 Å². The highest BCUT2D eigenvalue weighted by Crippen LogP contribution is 2.32. The van der Waals surface area contributed by atoms with E-state index in [0.29, 0.717) is 5.69 Å². The van der Waals surface area contributed by atoms with Crippen molar-refractivity contribution in [3.63, 3.8) is 0 Å². The van der Waals surface area contributed by atoms with Gasteiger partial charge in [0.05, 0.1) is 5.69 Å². The maximum Gasteiger partial charge on any atom is 0.245 e. The number of piperidine rings is 1. The van der Waals surface area contributed by atoms with E-state index in [-0.39, 0.29) is 17.0 Å². The molecule has 106 valence electrons. The zero-order chi connectivity index (χ0) is 14.0. The third-order valence-electron chi connectivity index (χ3n) is 3.71. The van der Waals surface area contributed by atoms with Gasteiger partial charge in [0.15, 0.2) is 0 Å². The Morgan fingerprint density at radius 3 is 2.37 bits per heavy atom. The molecule has 0 amide bonds. The standard InChI is InChI=1S/C13H21N3O2S/c1-10-6-5-7-11(2)16(10)19(17,18)13-9-4-3-8-12(13)15-14/h3-4,8-11,15H,5-7,14H2,1-2H3. The summed E-state index contributed by atoms with van der Waals surface area (Å²) < 4.78 is 27.3. The molecule has 1 saturated heterocycles. The van der Waals surface area contributed by atoms with Crippen LogP contribution >= 0.6 is 0 Å². The van der Waals surface area contributed by atoms with Crippen molar-refractivity contribution in [2.45, 2.75) is 50.1 Å². The number of hydrazine groups is 1. The van der Waals surface area contributed by atoms with Crippen LogP contribution in [-0.4, -0.2) is 24.8 Å². The fourth-order valence-electron chi connectivity index (χ4n) is 2.80. The van der Waals surface area contributed by atoms with Crippen LogP contribution in [0.2, 0.25) is 0 Å². The Hall–Kier alpha value is -1.11. The van der Waals surface area contributed by atoms with Crippen molar-refractivity contribution in [3.8, 4) is 0 Å². The molecule has 1 aliphatic rings. The van der Waals surface area contributed by atoms with Crippen molar-refractivity contribution in [1.82, 2.24) is 4.31 Å². The molecule has 0 spiro atoms. The molecule has 1 aromatic rings. The second kappa shape index (κ2) is 5.48. The Labute approximate surface area is 114 Å². The number of nitrogen functional groups attached to an aromatic ring is 1. The van der Waals surface area contributed by atoms with Gasteiger partial charge in [-0.05, 0) is 38.8 Å². The van der Waals surface area contributed by atoms with Crippen molar-refractivity contribution in [3.05, 3.63) is 24.3 Å². The van der Waals surface area contributed by atoms with Gasteiger partial charge in [0.25, 0.3) is 0 Å². The van der Waals surface area contributed by atoms with E-state index in [4.69, 9.17) is 5.84 Å². The first-order valence-corrected chi connectivity index (χ1v) is 8.01. The quantitative estimate of drug-likeness (QED) is 0.656. The highest BCUT2D eigenvalue weighted by molar-refractivity contribution is 7.89. The molecule has 0 aromatic heterocycles. The smallest absolute Gasteiger partial charge is 0.245 e. The van der Waals surface area contributed by atoms with Gasteiger partial charge in [-0.15, -0.1) is 0 Å². The summed E-state index contributed by atoms with van der Waals surface area (Å²) in [5.74, 6) is 5.41. The summed E-state index contributed by atoms with van der Waals surface area (Å²) >= 11 is 0. The molecule has 3 N–H and O–H groups in total. The number of benzene rings is 1. The summed E-state index contributed by atoms with van der Waals surface area (Å²) in [7, 11) is -3.51. The van der Waals surface area contributed by atoms with E-state index < -0.39 is 10.0 Å². The summed E-state index contributed by atoms with van der Waals surface area (Å²) in [6, 6.07) is 6.80. The monoisotopic (exact) mass is 283 g/mol. The van der Waals surface area contributed by atoms with Crippen LogP contribution in [0.3, 0.4) is 0 Å². The summed E-state index contributed by atoms with van der Waals surface area (Å²) in [6.07, 6.45) is 2.88. The van der Waals surface area contributed by atoms with Gasteiger partial charge in [0.1, 0.15) is 4.90 Å². The number of hydrogen-bond acceptors (Lipinski definition) is 4. The molecule has 0 bridgehead atoms. The highest BCUT2D eigenvalue weighted by atomic mass is 32.2. The molecular weight excluding hydrogens is 262 g/mol. The van der Waals surface area contributed by atoms with Gasteiger partial charge in [0, 0.05) is 12.1 Å². The van der Waals surface area contributed by atoms with Crippen LogP contribution in [0, 0.1) is 0 Å². The number of nitrogens with two attached hydrogens (primary N) is 1. The Balaban J connectivity index is 2.46. The molecule has 0 aliphatic carbocycles. The zero-order valence-corrected chi connectivity index (χ0v) is 12.2. The second-order valence-corrected chi connectivity index (χ2v) is 6.92. The lowest BCUT2D eigenvalue weighted by molar-refractivity contribution is 0.204. The summed E-state index contributed by atoms with van der Waals surface area (Å²) in [6.45, 7) is 3.93. The normalized spacial score (nSPS) is 25.2. The molecule has 2 atom stereocenters. The average molecular weight is 283 g/mol. The van der Waals surface area contributed by atoms with Crippen molar-refractivity contribution in [2.75, 3.05) is 5.43 Å². The maximum atomic E-state index is 12.8. The van der Waals surface area contributed by atoms with E-state index >= 15 is 0 Å². The molecule has 0 radical (unpaired) electrons. The van der Waals surface area contributed by atoms with Crippen LogP contribution in [0.5, 0.6) is 0 Å². The predicted octanol–water partition coefficient (Wildman–Crippen LogP) is 1.92. The lowest BCUT2D eigenvalue weighted by Gasteiger charge is -2.38. The molecule has 0 saturated carbocycles. The largest absolute Gasteiger partial charge is 0.323 e. The Bertz CT molecular complexity index is 535. The molecule has 19 heavy (non-hydrogen) atoms. The lowest BCUT2D eigenvalue weighted by Crippen LogP contribution is -2.47. The van der Waals surface area contributed by atoms with Crippen molar-refractivity contribution >= 4 is 15.7 Å². The van der Waals surface area contributed by atoms with Crippen LogP contribution in [-0.2, 0) is 10.0 Å². The van der Waals surface area contributed by atoms with Crippen LogP contribution in [0.1, 0.15) is 33.1 Å². The summed E-state index contributed by atoms with van der Waals surface area (Å²) in [4.78, 5) is 0.248. The first-order valence-electron chi connectivity index (χ1n) is 6.57. The number of nitrogens with zero attached hydrogens (tertiary/aromatic N) is 1. The number of rotatable bonds is 3. The fourth-order valence-corrected chi connectivity index (χ4v) is 4.84.